The highest BCUT2D eigenvalue weighted by molar-refractivity contribution is 5.73. The third kappa shape index (κ3) is 8.07. The molecule has 0 aromatic rings. The van der Waals surface area contributed by atoms with Crippen LogP contribution < -0.4 is 5.32 Å². The van der Waals surface area contributed by atoms with Gasteiger partial charge in [-0.3, -0.25) is 4.79 Å². The van der Waals surface area contributed by atoms with Crippen LogP contribution in [0.5, 0.6) is 0 Å². The van der Waals surface area contributed by atoms with Gasteiger partial charge >= 0.3 is 5.97 Å². The van der Waals surface area contributed by atoms with Crippen molar-refractivity contribution >= 4 is 5.97 Å². The highest BCUT2D eigenvalue weighted by atomic mass is 16.7. The van der Waals surface area contributed by atoms with Crippen LogP contribution in [0.4, 0.5) is 0 Å². The molecule has 0 saturated carbocycles. The molecule has 17 atom stereocenters. The third-order valence-electron chi connectivity index (χ3n) is 11.8. The molecule has 4 heterocycles. The molecule has 2 bridgehead atoms. The molecule has 4 rings (SSSR count). The Labute approximate surface area is 298 Å². The molecule has 4 aliphatic rings. The van der Waals surface area contributed by atoms with E-state index in [1.165, 1.54) is 14.0 Å². The lowest BCUT2D eigenvalue weighted by Gasteiger charge is -2.48. The van der Waals surface area contributed by atoms with Crippen molar-refractivity contribution in [2.45, 2.75) is 186 Å². The number of hydrogen-bond donors (Lipinski definition) is 5. The third-order valence-corrected chi connectivity index (χ3v) is 11.8. The minimum atomic E-state index is -1.82. The van der Waals surface area contributed by atoms with Gasteiger partial charge in [0.2, 0.25) is 0 Å². The molecule has 50 heavy (non-hydrogen) atoms. The molecule has 0 aromatic heterocycles. The number of cyclic esters (lactones) is 1. The van der Waals surface area contributed by atoms with E-state index in [0.29, 0.717) is 25.1 Å². The van der Waals surface area contributed by atoms with Gasteiger partial charge in [0, 0.05) is 31.9 Å². The Bertz CT molecular complexity index is 1200. The quantitative estimate of drug-likeness (QED) is 0.209. The van der Waals surface area contributed by atoms with Crippen LogP contribution in [0.15, 0.2) is 11.3 Å². The number of fused-ring (bicyclic) bond motifs is 2. The summed E-state index contributed by atoms with van der Waals surface area (Å²) in [6.07, 6.45) is -7.27. The number of esters is 1. The van der Waals surface area contributed by atoms with Crippen molar-refractivity contribution in [1.29, 1.82) is 0 Å². The summed E-state index contributed by atoms with van der Waals surface area (Å²) in [5.41, 5.74) is -2.95. The molecule has 4 aliphatic heterocycles. The molecule has 290 valence electrons. The molecule has 0 amide bonds. The fourth-order valence-corrected chi connectivity index (χ4v) is 8.70. The minimum absolute atomic E-state index is 0.174. The Morgan fingerprint density at radius 1 is 1.06 bits per heavy atom. The first-order valence-electron chi connectivity index (χ1n) is 18.5. The van der Waals surface area contributed by atoms with Crippen molar-refractivity contribution in [3.05, 3.63) is 11.3 Å². The second-order valence-corrected chi connectivity index (χ2v) is 16.0. The fraction of sp³-hybridized carbons (Fsp3) is 0.919. The molecule has 5 unspecified atom stereocenters. The number of carbonyl (C=O) groups excluding carboxylic acids is 1. The van der Waals surface area contributed by atoms with Crippen LogP contribution in [0.2, 0.25) is 0 Å². The predicted molar refractivity (Wildman–Crippen MR) is 184 cm³/mol. The summed E-state index contributed by atoms with van der Waals surface area (Å²) >= 11 is 0. The van der Waals surface area contributed by atoms with E-state index >= 15 is 0 Å². The van der Waals surface area contributed by atoms with Gasteiger partial charge in [-0.2, -0.15) is 0 Å². The second kappa shape index (κ2) is 15.9. The van der Waals surface area contributed by atoms with E-state index in [-0.39, 0.29) is 25.0 Å². The van der Waals surface area contributed by atoms with Crippen molar-refractivity contribution in [1.82, 2.24) is 5.32 Å². The van der Waals surface area contributed by atoms with Gasteiger partial charge in [-0.05, 0) is 73.4 Å². The minimum Gasteiger partial charge on any atom is -0.488 e. The molecule has 3 fully saturated rings. The van der Waals surface area contributed by atoms with Crippen LogP contribution in [-0.4, -0.2) is 124 Å². The van der Waals surface area contributed by atoms with E-state index in [9.17, 15) is 25.2 Å². The average molecular weight is 716 g/mol. The fourth-order valence-electron chi connectivity index (χ4n) is 8.70. The predicted octanol–water partition coefficient (Wildman–Crippen LogP) is 2.94. The number of hydrogen-bond acceptors (Lipinski definition) is 13. The summed E-state index contributed by atoms with van der Waals surface area (Å²) in [4.78, 5) is 14.3. The van der Waals surface area contributed by atoms with E-state index in [2.05, 4.69) is 5.32 Å². The SMILES string of the molecule is CCNC1CC(C)O[C@@H](O[C@@H]2[C@@H](C)[C@H](O[C@H]3CC(C)(OC)[C@@H](O)C(C)O3)[C@@H](C)C(=O)O[C@@H]([C@](C)(O)[C@H](O)CC)[C@@H](C)C3=C(C)C[C@]2(C)O3)C1O. The monoisotopic (exact) mass is 715 g/mol. The van der Waals surface area contributed by atoms with Gasteiger partial charge in [-0.1, -0.05) is 27.7 Å². The highest BCUT2D eigenvalue weighted by Crippen LogP contribution is 2.48. The lowest BCUT2D eigenvalue weighted by atomic mass is 9.78. The van der Waals surface area contributed by atoms with E-state index in [1.807, 2.05) is 41.5 Å². The van der Waals surface area contributed by atoms with Crippen LogP contribution in [0.25, 0.3) is 0 Å². The topological polar surface area (TPSA) is 175 Å². The average Bonchev–Trinajstić information content (AvgIpc) is 3.37. The number of rotatable bonds is 10. The summed E-state index contributed by atoms with van der Waals surface area (Å²) in [6, 6.07) is -0.260. The summed E-state index contributed by atoms with van der Waals surface area (Å²) in [5.74, 6) is -2.26. The van der Waals surface area contributed by atoms with Gasteiger partial charge in [0.1, 0.15) is 41.4 Å². The van der Waals surface area contributed by atoms with Gasteiger partial charge in [0.25, 0.3) is 0 Å². The maximum Gasteiger partial charge on any atom is 0.311 e. The maximum atomic E-state index is 14.3. The van der Waals surface area contributed by atoms with E-state index in [4.69, 9.17) is 33.2 Å². The zero-order valence-corrected chi connectivity index (χ0v) is 32.2. The number of aliphatic hydroxyl groups is 4. The first-order chi connectivity index (χ1) is 23.2. The van der Waals surface area contributed by atoms with Crippen molar-refractivity contribution in [2.24, 2.45) is 17.8 Å². The largest absolute Gasteiger partial charge is 0.488 e. The molecule has 13 heteroatoms. The van der Waals surface area contributed by atoms with Crippen molar-refractivity contribution in [2.75, 3.05) is 13.7 Å². The number of methoxy groups -OCH3 is 1. The standard InChI is InChI=1S/C37H65NO12/c1-13-25(39)37(11,43)32-20(5)28-18(3)16-36(10,50-28)31(49-34-27(40)24(38-14-2)15-19(4)45-34)21(6)29(22(7)33(42)48-32)47-26-17-35(9,44-12)30(41)23(8)46-26/h19-27,29-32,34,38-41,43H,13-17H2,1-12H3/t19?,20-,21-,22+,23?,24?,25+,26-,27?,29-,30-,31+,32+,34-,35?,36-,37+/m0/s1. The Balaban J connectivity index is 1.82. The molecular weight excluding hydrogens is 650 g/mol. The zero-order valence-electron chi connectivity index (χ0n) is 32.2. The van der Waals surface area contributed by atoms with Crippen molar-refractivity contribution in [3.8, 4) is 0 Å². The first kappa shape index (κ1) is 41.4. The molecule has 0 aliphatic carbocycles. The first-order valence-corrected chi connectivity index (χ1v) is 18.5. The molecule has 5 N–H and O–H groups in total. The molecule has 0 spiro atoms. The number of likely N-dealkylation sites (N-methyl/N-ethyl adjacent to an activating group) is 1. The molecular formula is C37H65NO12. The highest BCUT2D eigenvalue weighted by Gasteiger charge is 2.56. The lowest BCUT2D eigenvalue weighted by Crippen LogP contribution is -2.60. The summed E-state index contributed by atoms with van der Waals surface area (Å²) in [6.45, 7) is 20.6. The van der Waals surface area contributed by atoms with E-state index in [0.717, 1.165) is 5.57 Å². The van der Waals surface area contributed by atoms with Crippen molar-refractivity contribution < 1.29 is 58.4 Å². The Morgan fingerprint density at radius 3 is 2.32 bits per heavy atom. The van der Waals surface area contributed by atoms with E-state index < -0.39 is 95.8 Å². The van der Waals surface area contributed by atoms with E-state index in [1.54, 1.807) is 27.7 Å². The van der Waals surface area contributed by atoms with Gasteiger partial charge in [-0.15, -0.1) is 0 Å². The second-order valence-electron chi connectivity index (χ2n) is 16.0. The number of ether oxygens (including phenoxy) is 7. The number of aliphatic hydroxyl groups excluding tert-OH is 3. The Hall–Kier alpha value is -1.39. The van der Waals surface area contributed by atoms with Crippen molar-refractivity contribution in [3.63, 3.8) is 0 Å². The molecule has 13 nitrogen and oxygen atoms in total. The number of carbonyl (C=O) groups is 1. The normalized spacial score (nSPS) is 46.4. The van der Waals surface area contributed by atoms with Crippen LogP contribution in [-0.2, 0) is 38.0 Å². The van der Waals surface area contributed by atoms with Crippen LogP contribution in [0.3, 0.4) is 0 Å². The summed E-state index contributed by atoms with van der Waals surface area (Å²) in [7, 11) is 1.53. The lowest BCUT2D eigenvalue weighted by molar-refractivity contribution is -0.314. The smallest absolute Gasteiger partial charge is 0.311 e. The molecule has 0 aromatic carbocycles. The van der Waals surface area contributed by atoms with Crippen LogP contribution >= 0.6 is 0 Å². The molecule has 0 radical (unpaired) electrons. The van der Waals surface area contributed by atoms with Gasteiger partial charge in [0.05, 0.1) is 41.9 Å². The van der Waals surface area contributed by atoms with Gasteiger partial charge in [0.15, 0.2) is 12.6 Å². The van der Waals surface area contributed by atoms with Gasteiger partial charge < -0.3 is 58.9 Å². The Morgan fingerprint density at radius 2 is 1.72 bits per heavy atom. The van der Waals surface area contributed by atoms with Gasteiger partial charge in [-0.25, -0.2) is 0 Å². The Kier molecular flexibility index (Phi) is 13.2. The maximum absolute atomic E-state index is 14.3. The van der Waals surface area contributed by atoms with Crippen LogP contribution in [0.1, 0.15) is 102 Å². The zero-order chi connectivity index (χ0) is 37.5. The molecule has 3 saturated heterocycles. The van der Waals surface area contributed by atoms with Crippen LogP contribution in [0, 0.1) is 17.8 Å². The number of nitrogens with one attached hydrogen (secondary N) is 1. The summed E-state index contributed by atoms with van der Waals surface area (Å²) in [5, 5.41) is 48.5. The summed E-state index contributed by atoms with van der Waals surface area (Å²) < 4.78 is 44.8.